The zero-order valence-corrected chi connectivity index (χ0v) is 14.1. The van der Waals surface area contributed by atoms with Crippen LogP contribution in [0.5, 0.6) is 11.5 Å². The van der Waals surface area contributed by atoms with Crippen molar-refractivity contribution in [2.75, 3.05) is 32.4 Å². The molecule has 0 fully saturated rings. The second-order valence-electron chi connectivity index (χ2n) is 5.58. The summed E-state index contributed by atoms with van der Waals surface area (Å²) in [6.07, 6.45) is 2.43. The highest BCUT2D eigenvalue weighted by molar-refractivity contribution is 5.92. The summed E-state index contributed by atoms with van der Waals surface area (Å²) in [6.45, 7) is 2.08. The number of aromatic nitrogens is 1. The van der Waals surface area contributed by atoms with E-state index in [4.69, 9.17) is 14.2 Å². The monoisotopic (exact) mass is 343 g/mol. The molecule has 0 atom stereocenters. The SMILES string of the molecule is COCCCNC(=O)c1ccc(NCc2ccc3c(c2)OCO3)cn1. The van der Waals surface area contributed by atoms with Gasteiger partial charge in [0.05, 0.1) is 11.9 Å². The van der Waals surface area contributed by atoms with Crippen molar-refractivity contribution in [1.82, 2.24) is 10.3 Å². The van der Waals surface area contributed by atoms with Gasteiger partial charge in [0, 0.05) is 26.8 Å². The fraction of sp³-hybridized carbons (Fsp3) is 0.333. The highest BCUT2D eigenvalue weighted by Gasteiger charge is 2.13. The first-order chi connectivity index (χ1) is 12.3. The van der Waals surface area contributed by atoms with E-state index < -0.39 is 0 Å². The number of hydrogen-bond donors (Lipinski definition) is 2. The summed E-state index contributed by atoms with van der Waals surface area (Å²) >= 11 is 0. The summed E-state index contributed by atoms with van der Waals surface area (Å²) in [5.41, 5.74) is 2.31. The van der Waals surface area contributed by atoms with Crippen LogP contribution >= 0.6 is 0 Å². The van der Waals surface area contributed by atoms with Crippen LogP contribution in [-0.4, -0.2) is 37.9 Å². The summed E-state index contributed by atoms with van der Waals surface area (Å²) in [4.78, 5) is 16.1. The molecule has 2 aromatic rings. The number of ether oxygens (including phenoxy) is 3. The van der Waals surface area contributed by atoms with Crippen molar-refractivity contribution in [1.29, 1.82) is 0 Å². The van der Waals surface area contributed by atoms with Gasteiger partial charge in [-0.1, -0.05) is 6.07 Å². The predicted octanol–water partition coefficient (Wildman–Crippen LogP) is 2.19. The van der Waals surface area contributed by atoms with Gasteiger partial charge < -0.3 is 24.8 Å². The minimum absolute atomic E-state index is 0.182. The van der Waals surface area contributed by atoms with Crippen LogP contribution in [0.4, 0.5) is 5.69 Å². The van der Waals surface area contributed by atoms with E-state index in [1.165, 1.54) is 0 Å². The summed E-state index contributed by atoms with van der Waals surface area (Å²) < 4.78 is 15.6. The van der Waals surface area contributed by atoms with Gasteiger partial charge in [-0.25, -0.2) is 4.98 Å². The third-order valence-electron chi connectivity index (χ3n) is 3.74. The first-order valence-corrected chi connectivity index (χ1v) is 8.12. The normalized spacial score (nSPS) is 12.0. The van der Waals surface area contributed by atoms with Crippen LogP contribution in [0.15, 0.2) is 36.5 Å². The number of nitrogens with one attached hydrogen (secondary N) is 2. The van der Waals surface area contributed by atoms with Crippen molar-refractivity contribution >= 4 is 11.6 Å². The molecule has 0 bridgehead atoms. The summed E-state index contributed by atoms with van der Waals surface area (Å²) in [7, 11) is 1.64. The highest BCUT2D eigenvalue weighted by Crippen LogP contribution is 2.32. The molecular formula is C18H21N3O4. The van der Waals surface area contributed by atoms with Gasteiger partial charge >= 0.3 is 0 Å². The molecular weight excluding hydrogens is 322 g/mol. The second-order valence-corrected chi connectivity index (χ2v) is 5.58. The largest absolute Gasteiger partial charge is 0.454 e. The molecule has 1 amide bonds. The van der Waals surface area contributed by atoms with Gasteiger partial charge in [-0.2, -0.15) is 0 Å². The van der Waals surface area contributed by atoms with E-state index in [2.05, 4.69) is 15.6 Å². The smallest absolute Gasteiger partial charge is 0.269 e. The van der Waals surface area contributed by atoms with Gasteiger partial charge in [0.2, 0.25) is 6.79 Å². The number of hydrogen-bond acceptors (Lipinski definition) is 6. The van der Waals surface area contributed by atoms with Crippen molar-refractivity contribution in [2.24, 2.45) is 0 Å². The van der Waals surface area contributed by atoms with Crippen LogP contribution in [0.25, 0.3) is 0 Å². The third-order valence-corrected chi connectivity index (χ3v) is 3.74. The van der Waals surface area contributed by atoms with E-state index in [-0.39, 0.29) is 12.7 Å². The number of amides is 1. The molecule has 1 aliphatic heterocycles. The van der Waals surface area contributed by atoms with Crippen molar-refractivity contribution in [3.63, 3.8) is 0 Å². The molecule has 25 heavy (non-hydrogen) atoms. The Morgan fingerprint density at radius 1 is 1.24 bits per heavy atom. The van der Waals surface area contributed by atoms with Crippen molar-refractivity contribution < 1.29 is 19.0 Å². The summed E-state index contributed by atoms with van der Waals surface area (Å²) in [6, 6.07) is 9.37. The molecule has 132 valence electrons. The zero-order valence-electron chi connectivity index (χ0n) is 14.1. The molecule has 2 N–H and O–H groups in total. The molecule has 1 aromatic carbocycles. The molecule has 0 aliphatic carbocycles. The summed E-state index contributed by atoms with van der Waals surface area (Å²) in [5, 5.41) is 6.08. The molecule has 1 aromatic heterocycles. The van der Waals surface area contributed by atoms with Gasteiger partial charge in [-0.3, -0.25) is 4.79 Å². The maximum atomic E-state index is 11.9. The first kappa shape index (κ1) is 17.0. The predicted molar refractivity (Wildman–Crippen MR) is 93.0 cm³/mol. The molecule has 7 nitrogen and oxygen atoms in total. The number of benzene rings is 1. The van der Waals surface area contributed by atoms with E-state index in [0.29, 0.717) is 25.4 Å². The van der Waals surface area contributed by atoms with Crippen molar-refractivity contribution in [3.05, 3.63) is 47.8 Å². The lowest BCUT2D eigenvalue weighted by atomic mass is 10.2. The van der Waals surface area contributed by atoms with E-state index >= 15 is 0 Å². The number of carbonyl (C=O) groups is 1. The Labute approximate surface area is 146 Å². The van der Waals surface area contributed by atoms with Gasteiger partial charge in [0.1, 0.15) is 5.69 Å². The van der Waals surface area contributed by atoms with Crippen molar-refractivity contribution in [3.8, 4) is 11.5 Å². The lowest BCUT2D eigenvalue weighted by molar-refractivity contribution is 0.0943. The number of carbonyl (C=O) groups excluding carboxylic acids is 1. The first-order valence-electron chi connectivity index (χ1n) is 8.12. The molecule has 1 aliphatic rings. The van der Waals surface area contributed by atoms with Gasteiger partial charge in [-0.05, 0) is 36.2 Å². The number of nitrogens with zero attached hydrogens (tertiary/aromatic N) is 1. The van der Waals surface area contributed by atoms with E-state index in [0.717, 1.165) is 29.2 Å². The maximum Gasteiger partial charge on any atom is 0.269 e. The average Bonchev–Trinajstić information content (AvgIpc) is 3.11. The topological polar surface area (TPSA) is 81.7 Å². The van der Waals surface area contributed by atoms with Gasteiger partial charge in [0.15, 0.2) is 11.5 Å². The molecule has 7 heteroatoms. The van der Waals surface area contributed by atoms with Crippen molar-refractivity contribution in [2.45, 2.75) is 13.0 Å². The Balaban J connectivity index is 1.50. The minimum Gasteiger partial charge on any atom is -0.454 e. The van der Waals surface area contributed by atoms with Gasteiger partial charge in [-0.15, -0.1) is 0 Å². The van der Waals surface area contributed by atoms with Crippen LogP contribution in [0.1, 0.15) is 22.5 Å². The van der Waals surface area contributed by atoms with E-state index in [9.17, 15) is 4.79 Å². The average molecular weight is 343 g/mol. The molecule has 0 saturated carbocycles. The van der Waals surface area contributed by atoms with Crippen LogP contribution in [0, 0.1) is 0 Å². The van der Waals surface area contributed by atoms with E-state index in [1.807, 2.05) is 24.3 Å². The Kier molecular flexibility index (Phi) is 5.69. The highest BCUT2D eigenvalue weighted by atomic mass is 16.7. The lowest BCUT2D eigenvalue weighted by Gasteiger charge is -2.08. The zero-order chi connectivity index (χ0) is 17.5. The van der Waals surface area contributed by atoms with E-state index in [1.54, 1.807) is 19.4 Å². The number of methoxy groups -OCH3 is 1. The lowest BCUT2D eigenvalue weighted by Crippen LogP contribution is -2.26. The fourth-order valence-corrected chi connectivity index (χ4v) is 2.40. The second kappa shape index (κ2) is 8.34. The maximum absolute atomic E-state index is 11.9. The fourth-order valence-electron chi connectivity index (χ4n) is 2.40. The molecule has 0 saturated heterocycles. The Morgan fingerprint density at radius 2 is 2.12 bits per heavy atom. The number of fused-ring (bicyclic) bond motifs is 1. The summed E-state index contributed by atoms with van der Waals surface area (Å²) in [5.74, 6) is 1.35. The Bertz CT molecular complexity index is 719. The van der Waals surface area contributed by atoms with Gasteiger partial charge in [0.25, 0.3) is 5.91 Å². The van der Waals surface area contributed by atoms with Crippen LogP contribution in [0.3, 0.4) is 0 Å². The molecule has 0 unspecified atom stereocenters. The number of pyridine rings is 1. The number of rotatable bonds is 8. The molecule has 0 spiro atoms. The standard InChI is InChI=1S/C18H21N3O4/c1-23-8-2-7-19-18(22)15-5-4-14(11-21-15)20-10-13-3-6-16-17(9-13)25-12-24-16/h3-6,9,11,20H,2,7-8,10,12H2,1H3,(H,19,22). The Hall–Kier alpha value is -2.80. The molecule has 2 heterocycles. The quantitative estimate of drug-likeness (QED) is 0.715. The molecule has 3 rings (SSSR count). The minimum atomic E-state index is -0.182. The van der Waals surface area contributed by atoms with Crippen LogP contribution in [0.2, 0.25) is 0 Å². The van der Waals surface area contributed by atoms with Crippen LogP contribution < -0.4 is 20.1 Å². The third kappa shape index (κ3) is 4.60. The van der Waals surface area contributed by atoms with Crippen LogP contribution in [-0.2, 0) is 11.3 Å². The molecule has 0 radical (unpaired) electrons. The number of anilines is 1. The Morgan fingerprint density at radius 3 is 2.92 bits per heavy atom.